The number of anilines is 1. The highest BCUT2D eigenvalue weighted by atomic mass is 16.5. The Kier molecular flexibility index (Phi) is 6.40. The zero-order valence-electron chi connectivity index (χ0n) is 12.5. The number of carbonyl (C=O) groups is 1. The number of benzene rings is 1. The molecule has 3 nitrogen and oxygen atoms in total. The topological polar surface area (TPSA) is 38.3 Å². The third kappa shape index (κ3) is 4.58. The molecular formula is C16H25NO2. The highest BCUT2D eigenvalue weighted by Gasteiger charge is 2.12. The van der Waals surface area contributed by atoms with E-state index < -0.39 is 0 Å². The first kappa shape index (κ1) is 15.5. The predicted octanol–water partition coefficient (Wildman–Crippen LogP) is 4.16. The van der Waals surface area contributed by atoms with Gasteiger partial charge in [-0.3, -0.25) is 0 Å². The lowest BCUT2D eigenvalue weighted by Gasteiger charge is -2.18. The number of carbonyl (C=O) groups excluding carboxylic acids is 1. The lowest BCUT2D eigenvalue weighted by atomic mass is 10.0. The average molecular weight is 263 g/mol. The summed E-state index contributed by atoms with van der Waals surface area (Å²) in [6.07, 6.45) is 4.90. The maximum absolute atomic E-state index is 11.6. The van der Waals surface area contributed by atoms with Crippen LogP contribution in [0.2, 0.25) is 0 Å². The van der Waals surface area contributed by atoms with Gasteiger partial charge in [0, 0.05) is 11.7 Å². The highest BCUT2D eigenvalue weighted by molar-refractivity contribution is 5.92. The SMILES string of the molecule is CCCCCC(C)Nc1cccc(C(=O)OC)c1C. The number of methoxy groups -OCH3 is 1. The number of unbranched alkanes of at least 4 members (excludes halogenated alkanes) is 2. The van der Waals surface area contributed by atoms with Crippen LogP contribution in [0.1, 0.15) is 55.5 Å². The summed E-state index contributed by atoms with van der Waals surface area (Å²) in [7, 11) is 1.41. The van der Waals surface area contributed by atoms with Crippen LogP contribution in [-0.2, 0) is 4.74 Å². The maximum atomic E-state index is 11.6. The van der Waals surface area contributed by atoms with Gasteiger partial charge in [0.2, 0.25) is 0 Å². The van der Waals surface area contributed by atoms with Gasteiger partial charge in [-0.15, -0.1) is 0 Å². The molecule has 106 valence electrons. The Labute approximate surface area is 116 Å². The molecule has 0 aliphatic heterocycles. The van der Waals surface area contributed by atoms with Gasteiger partial charge in [-0.1, -0.05) is 32.3 Å². The summed E-state index contributed by atoms with van der Waals surface area (Å²) < 4.78 is 4.79. The van der Waals surface area contributed by atoms with Crippen LogP contribution in [0.3, 0.4) is 0 Å². The number of nitrogens with one attached hydrogen (secondary N) is 1. The number of rotatable bonds is 7. The van der Waals surface area contributed by atoms with E-state index in [1.54, 1.807) is 6.07 Å². The standard InChI is InChI=1S/C16H25NO2/c1-5-6-7-9-12(2)17-15-11-8-10-14(13(15)3)16(18)19-4/h8,10-12,17H,5-7,9H2,1-4H3. The van der Waals surface area contributed by atoms with E-state index in [9.17, 15) is 4.79 Å². The first-order chi connectivity index (χ1) is 9.10. The van der Waals surface area contributed by atoms with Gasteiger partial charge in [0.25, 0.3) is 0 Å². The van der Waals surface area contributed by atoms with Gasteiger partial charge in [0.15, 0.2) is 0 Å². The first-order valence-electron chi connectivity index (χ1n) is 7.04. The molecule has 0 heterocycles. The molecule has 1 aromatic rings. The second-order valence-electron chi connectivity index (χ2n) is 5.01. The third-order valence-corrected chi connectivity index (χ3v) is 3.38. The molecule has 0 bridgehead atoms. The molecule has 0 aromatic heterocycles. The normalized spacial score (nSPS) is 12.0. The van der Waals surface area contributed by atoms with Crippen LogP contribution in [0.25, 0.3) is 0 Å². The minimum absolute atomic E-state index is 0.278. The molecule has 1 rings (SSSR count). The largest absolute Gasteiger partial charge is 0.465 e. The van der Waals surface area contributed by atoms with Crippen LogP contribution in [-0.4, -0.2) is 19.1 Å². The van der Waals surface area contributed by atoms with Crippen molar-refractivity contribution in [3.63, 3.8) is 0 Å². The van der Waals surface area contributed by atoms with E-state index >= 15 is 0 Å². The second-order valence-corrected chi connectivity index (χ2v) is 5.01. The Hall–Kier alpha value is -1.51. The van der Waals surface area contributed by atoms with Crippen molar-refractivity contribution in [2.75, 3.05) is 12.4 Å². The summed E-state index contributed by atoms with van der Waals surface area (Å²) in [6, 6.07) is 6.12. The van der Waals surface area contributed by atoms with Gasteiger partial charge >= 0.3 is 5.97 Å². The molecule has 3 heteroatoms. The van der Waals surface area contributed by atoms with E-state index in [2.05, 4.69) is 19.2 Å². The molecule has 0 amide bonds. The van der Waals surface area contributed by atoms with Crippen LogP contribution >= 0.6 is 0 Å². The fraction of sp³-hybridized carbons (Fsp3) is 0.562. The molecule has 0 saturated carbocycles. The van der Waals surface area contributed by atoms with Gasteiger partial charge in [-0.2, -0.15) is 0 Å². The van der Waals surface area contributed by atoms with Gasteiger partial charge in [0.1, 0.15) is 0 Å². The van der Waals surface area contributed by atoms with E-state index in [-0.39, 0.29) is 5.97 Å². The molecule has 0 saturated heterocycles. The van der Waals surface area contributed by atoms with Crippen molar-refractivity contribution in [1.82, 2.24) is 0 Å². The zero-order valence-corrected chi connectivity index (χ0v) is 12.5. The van der Waals surface area contributed by atoms with Crippen molar-refractivity contribution in [1.29, 1.82) is 0 Å². The molecule has 1 atom stereocenters. The number of hydrogen-bond donors (Lipinski definition) is 1. The molecule has 19 heavy (non-hydrogen) atoms. The van der Waals surface area contributed by atoms with Gasteiger partial charge in [0.05, 0.1) is 12.7 Å². The average Bonchev–Trinajstić information content (AvgIpc) is 2.40. The summed E-state index contributed by atoms with van der Waals surface area (Å²) in [5.74, 6) is -0.278. The fourth-order valence-electron chi connectivity index (χ4n) is 2.16. The highest BCUT2D eigenvalue weighted by Crippen LogP contribution is 2.21. The Bertz CT molecular complexity index is 415. The minimum atomic E-state index is -0.278. The Morgan fingerprint density at radius 2 is 2.11 bits per heavy atom. The Morgan fingerprint density at radius 1 is 1.37 bits per heavy atom. The molecule has 0 spiro atoms. The molecule has 0 radical (unpaired) electrons. The first-order valence-corrected chi connectivity index (χ1v) is 7.04. The fourth-order valence-corrected chi connectivity index (χ4v) is 2.16. The number of esters is 1. The van der Waals surface area contributed by atoms with Crippen molar-refractivity contribution in [3.05, 3.63) is 29.3 Å². The van der Waals surface area contributed by atoms with Crippen molar-refractivity contribution >= 4 is 11.7 Å². The van der Waals surface area contributed by atoms with Crippen molar-refractivity contribution < 1.29 is 9.53 Å². The summed E-state index contributed by atoms with van der Waals surface area (Å²) >= 11 is 0. The van der Waals surface area contributed by atoms with Gasteiger partial charge in [-0.05, 0) is 38.0 Å². The number of ether oxygens (including phenoxy) is 1. The summed E-state index contributed by atoms with van der Waals surface area (Å²) in [5, 5.41) is 3.48. The molecule has 1 aromatic carbocycles. The number of hydrogen-bond acceptors (Lipinski definition) is 3. The minimum Gasteiger partial charge on any atom is -0.465 e. The van der Waals surface area contributed by atoms with Gasteiger partial charge in [-0.25, -0.2) is 4.79 Å². The van der Waals surface area contributed by atoms with Crippen molar-refractivity contribution in [3.8, 4) is 0 Å². The Morgan fingerprint density at radius 3 is 2.74 bits per heavy atom. The van der Waals surface area contributed by atoms with E-state index in [1.165, 1.54) is 26.4 Å². The Balaban J connectivity index is 2.70. The molecule has 0 aliphatic carbocycles. The van der Waals surface area contributed by atoms with E-state index in [0.29, 0.717) is 11.6 Å². The molecule has 0 aliphatic rings. The maximum Gasteiger partial charge on any atom is 0.338 e. The second kappa shape index (κ2) is 7.82. The van der Waals surface area contributed by atoms with E-state index in [0.717, 1.165) is 17.7 Å². The van der Waals surface area contributed by atoms with Gasteiger partial charge < -0.3 is 10.1 Å². The van der Waals surface area contributed by atoms with Crippen molar-refractivity contribution in [2.24, 2.45) is 0 Å². The van der Waals surface area contributed by atoms with E-state index in [4.69, 9.17) is 4.74 Å². The summed E-state index contributed by atoms with van der Waals surface area (Å²) in [6.45, 7) is 6.34. The summed E-state index contributed by atoms with van der Waals surface area (Å²) in [4.78, 5) is 11.6. The van der Waals surface area contributed by atoms with Crippen LogP contribution in [0.5, 0.6) is 0 Å². The lowest BCUT2D eigenvalue weighted by Crippen LogP contribution is -2.16. The van der Waals surface area contributed by atoms with E-state index in [1.807, 2.05) is 19.1 Å². The van der Waals surface area contributed by atoms with Crippen LogP contribution in [0.4, 0.5) is 5.69 Å². The zero-order chi connectivity index (χ0) is 14.3. The quantitative estimate of drug-likeness (QED) is 0.593. The van der Waals surface area contributed by atoms with Crippen molar-refractivity contribution in [2.45, 2.75) is 52.5 Å². The van der Waals surface area contributed by atoms with Crippen LogP contribution in [0.15, 0.2) is 18.2 Å². The van der Waals surface area contributed by atoms with Crippen LogP contribution < -0.4 is 5.32 Å². The monoisotopic (exact) mass is 263 g/mol. The predicted molar refractivity (Wildman–Crippen MR) is 79.7 cm³/mol. The molecule has 1 N–H and O–H groups in total. The molecular weight excluding hydrogens is 238 g/mol. The molecule has 1 unspecified atom stereocenters. The third-order valence-electron chi connectivity index (χ3n) is 3.38. The molecule has 0 fully saturated rings. The summed E-state index contributed by atoms with van der Waals surface area (Å²) in [5.41, 5.74) is 2.61. The van der Waals surface area contributed by atoms with Crippen LogP contribution in [0, 0.1) is 6.92 Å². The lowest BCUT2D eigenvalue weighted by molar-refractivity contribution is 0.0600. The smallest absolute Gasteiger partial charge is 0.338 e.